The van der Waals surface area contributed by atoms with Crippen molar-refractivity contribution < 1.29 is 30.0 Å². The Kier molecular flexibility index (Phi) is 5.14. The van der Waals surface area contributed by atoms with E-state index in [9.17, 15) is 15.0 Å². The quantitative estimate of drug-likeness (QED) is 0.491. The standard InChI is InChI=1S/C10H18O6/c11-5-7(13)3-8-1-6(12)2-9(16-8)4-10(14)15/h6-9,11-13H,1-5H2,(H,14,15)/t6-,7?,8-,9+/m1/s1. The normalized spacial score (nSPS) is 32.3. The van der Waals surface area contributed by atoms with Gasteiger partial charge in [-0.05, 0) is 6.42 Å². The van der Waals surface area contributed by atoms with Gasteiger partial charge < -0.3 is 25.2 Å². The van der Waals surface area contributed by atoms with Crippen LogP contribution in [0, 0.1) is 0 Å². The highest BCUT2D eigenvalue weighted by Gasteiger charge is 2.30. The largest absolute Gasteiger partial charge is 0.481 e. The van der Waals surface area contributed by atoms with Crippen molar-refractivity contribution in [3.63, 3.8) is 0 Å². The molecule has 0 saturated carbocycles. The molecule has 4 N–H and O–H groups in total. The molecular formula is C10H18O6. The van der Waals surface area contributed by atoms with E-state index in [0.29, 0.717) is 12.8 Å². The van der Waals surface area contributed by atoms with Crippen LogP contribution >= 0.6 is 0 Å². The van der Waals surface area contributed by atoms with E-state index in [1.165, 1.54) is 0 Å². The van der Waals surface area contributed by atoms with Crippen molar-refractivity contribution in [2.75, 3.05) is 6.61 Å². The third kappa shape index (κ3) is 4.44. The molecule has 1 aliphatic rings. The van der Waals surface area contributed by atoms with Crippen LogP contribution in [0.25, 0.3) is 0 Å². The van der Waals surface area contributed by atoms with Crippen molar-refractivity contribution in [2.45, 2.75) is 50.1 Å². The first-order valence-corrected chi connectivity index (χ1v) is 5.35. The van der Waals surface area contributed by atoms with E-state index in [4.69, 9.17) is 14.9 Å². The lowest BCUT2D eigenvalue weighted by Crippen LogP contribution is -2.38. The molecule has 4 atom stereocenters. The molecule has 1 aliphatic heterocycles. The van der Waals surface area contributed by atoms with Gasteiger partial charge in [0.15, 0.2) is 0 Å². The smallest absolute Gasteiger partial charge is 0.305 e. The van der Waals surface area contributed by atoms with Crippen LogP contribution in [0.3, 0.4) is 0 Å². The van der Waals surface area contributed by atoms with E-state index < -0.39 is 30.4 Å². The molecular weight excluding hydrogens is 216 g/mol. The van der Waals surface area contributed by atoms with Crippen LogP contribution in [0.1, 0.15) is 25.7 Å². The highest BCUT2D eigenvalue weighted by molar-refractivity contribution is 5.67. The van der Waals surface area contributed by atoms with Crippen molar-refractivity contribution in [1.82, 2.24) is 0 Å². The lowest BCUT2D eigenvalue weighted by atomic mass is 9.96. The average molecular weight is 234 g/mol. The highest BCUT2D eigenvalue weighted by Crippen LogP contribution is 2.24. The number of ether oxygens (including phenoxy) is 1. The number of hydrogen-bond donors (Lipinski definition) is 4. The van der Waals surface area contributed by atoms with E-state index >= 15 is 0 Å². The first-order valence-electron chi connectivity index (χ1n) is 5.35. The molecule has 0 aromatic carbocycles. The van der Waals surface area contributed by atoms with E-state index in [-0.39, 0.29) is 19.4 Å². The topological polar surface area (TPSA) is 107 Å². The number of aliphatic carboxylic acids is 1. The Labute approximate surface area is 93.5 Å². The monoisotopic (exact) mass is 234 g/mol. The minimum atomic E-state index is -0.972. The highest BCUT2D eigenvalue weighted by atomic mass is 16.5. The van der Waals surface area contributed by atoms with Crippen LogP contribution in [-0.2, 0) is 9.53 Å². The maximum absolute atomic E-state index is 10.5. The summed E-state index contributed by atoms with van der Waals surface area (Å²) in [4.78, 5) is 10.5. The Morgan fingerprint density at radius 2 is 2.00 bits per heavy atom. The molecule has 0 aromatic rings. The van der Waals surface area contributed by atoms with E-state index in [0.717, 1.165) is 0 Å². The van der Waals surface area contributed by atoms with Gasteiger partial charge in [-0.15, -0.1) is 0 Å². The van der Waals surface area contributed by atoms with E-state index in [1.807, 2.05) is 0 Å². The zero-order chi connectivity index (χ0) is 12.1. The second-order valence-electron chi connectivity index (χ2n) is 4.18. The zero-order valence-electron chi connectivity index (χ0n) is 8.95. The van der Waals surface area contributed by atoms with Crippen LogP contribution < -0.4 is 0 Å². The van der Waals surface area contributed by atoms with Gasteiger partial charge in [0.05, 0.1) is 37.4 Å². The van der Waals surface area contributed by atoms with Gasteiger partial charge in [0.1, 0.15) is 0 Å². The van der Waals surface area contributed by atoms with Crippen molar-refractivity contribution in [3.8, 4) is 0 Å². The third-order valence-corrected chi connectivity index (χ3v) is 2.60. The second kappa shape index (κ2) is 6.15. The van der Waals surface area contributed by atoms with Gasteiger partial charge >= 0.3 is 5.97 Å². The van der Waals surface area contributed by atoms with E-state index in [1.54, 1.807) is 0 Å². The minimum absolute atomic E-state index is 0.150. The molecule has 1 rings (SSSR count). The molecule has 1 saturated heterocycles. The zero-order valence-corrected chi connectivity index (χ0v) is 8.95. The predicted octanol–water partition coefficient (Wildman–Crippen LogP) is -0.887. The van der Waals surface area contributed by atoms with Crippen molar-refractivity contribution >= 4 is 5.97 Å². The summed E-state index contributed by atoms with van der Waals surface area (Å²) in [6.45, 7) is -0.362. The number of aliphatic hydroxyl groups is 3. The first kappa shape index (κ1) is 13.4. The van der Waals surface area contributed by atoms with Gasteiger partial charge in [-0.25, -0.2) is 0 Å². The summed E-state index contributed by atoms with van der Waals surface area (Å²) in [5.41, 5.74) is 0. The predicted molar refractivity (Wildman–Crippen MR) is 53.9 cm³/mol. The average Bonchev–Trinajstić information content (AvgIpc) is 2.15. The lowest BCUT2D eigenvalue weighted by Gasteiger charge is -2.33. The number of hydrogen-bond acceptors (Lipinski definition) is 5. The molecule has 1 fully saturated rings. The van der Waals surface area contributed by atoms with Crippen LogP contribution in [0.4, 0.5) is 0 Å². The van der Waals surface area contributed by atoms with Crippen LogP contribution in [0.5, 0.6) is 0 Å². The second-order valence-corrected chi connectivity index (χ2v) is 4.18. The number of aliphatic hydroxyl groups excluding tert-OH is 3. The number of carboxylic acids is 1. The Morgan fingerprint density at radius 3 is 2.56 bits per heavy atom. The Balaban J connectivity index is 2.44. The lowest BCUT2D eigenvalue weighted by molar-refractivity contribution is -0.149. The molecule has 0 aromatic heterocycles. The van der Waals surface area contributed by atoms with Gasteiger partial charge in [-0.1, -0.05) is 0 Å². The fraction of sp³-hybridized carbons (Fsp3) is 0.900. The third-order valence-electron chi connectivity index (χ3n) is 2.60. The minimum Gasteiger partial charge on any atom is -0.481 e. The number of rotatable bonds is 5. The molecule has 6 nitrogen and oxygen atoms in total. The van der Waals surface area contributed by atoms with Gasteiger partial charge in [0.2, 0.25) is 0 Å². The summed E-state index contributed by atoms with van der Waals surface area (Å²) in [5.74, 6) is -0.972. The fourth-order valence-corrected chi connectivity index (χ4v) is 1.94. The first-order chi connectivity index (χ1) is 7.51. The Hall–Kier alpha value is -0.690. The van der Waals surface area contributed by atoms with Crippen molar-refractivity contribution in [2.24, 2.45) is 0 Å². The molecule has 0 radical (unpaired) electrons. The SMILES string of the molecule is O=C(O)C[C@@H]1C[C@H](O)C[C@H](CC(O)CO)O1. The van der Waals surface area contributed by atoms with Crippen molar-refractivity contribution in [1.29, 1.82) is 0 Å². The summed E-state index contributed by atoms with van der Waals surface area (Å²) in [6, 6.07) is 0. The Bertz CT molecular complexity index is 231. The number of carboxylic acid groups (broad SMARTS) is 1. The molecule has 1 heterocycles. The van der Waals surface area contributed by atoms with Gasteiger partial charge in [0.25, 0.3) is 0 Å². The van der Waals surface area contributed by atoms with Crippen LogP contribution in [0.2, 0.25) is 0 Å². The van der Waals surface area contributed by atoms with Crippen LogP contribution in [-0.4, -0.2) is 57.4 Å². The molecule has 0 bridgehead atoms. The summed E-state index contributed by atoms with van der Waals surface area (Å²) in [6.07, 6.45) is -1.67. The van der Waals surface area contributed by atoms with Crippen molar-refractivity contribution in [3.05, 3.63) is 0 Å². The molecule has 94 valence electrons. The van der Waals surface area contributed by atoms with Gasteiger partial charge in [-0.3, -0.25) is 4.79 Å². The molecule has 0 amide bonds. The molecule has 16 heavy (non-hydrogen) atoms. The van der Waals surface area contributed by atoms with Gasteiger partial charge in [0, 0.05) is 12.8 Å². The molecule has 6 heteroatoms. The van der Waals surface area contributed by atoms with Crippen LogP contribution in [0.15, 0.2) is 0 Å². The summed E-state index contributed by atoms with van der Waals surface area (Å²) < 4.78 is 5.43. The number of carbonyl (C=O) groups is 1. The summed E-state index contributed by atoms with van der Waals surface area (Å²) in [7, 11) is 0. The Morgan fingerprint density at radius 1 is 1.38 bits per heavy atom. The maximum Gasteiger partial charge on any atom is 0.305 e. The fourth-order valence-electron chi connectivity index (χ4n) is 1.94. The summed E-state index contributed by atoms with van der Waals surface area (Å²) >= 11 is 0. The molecule has 0 aliphatic carbocycles. The molecule has 0 spiro atoms. The van der Waals surface area contributed by atoms with E-state index in [2.05, 4.69) is 0 Å². The summed E-state index contributed by atoms with van der Waals surface area (Å²) in [5, 5.41) is 36.1. The van der Waals surface area contributed by atoms with Gasteiger partial charge in [-0.2, -0.15) is 0 Å². The maximum atomic E-state index is 10.5. The molecule has 1 unspecified atom stereocenters.